The first-order chi connectivity index (χ1) is 14.4. The van der Waals surface area contributed by atoms with Crippen molar-refractivity contribution in [2.45, 2.75) is 46.0 Å². The Hall–Kier alpha value is -2.32. The predicted molar refractivity (Wildman–Crippen MR) is 107 cm³/mol. The molecule has 168 valence electrons. The van der Waals surface area contributed by atoms with Gasteiger partial charge in [-0.1, -0.05) is 18.3 Å². The van der Waals surface area contributed by atoms with Crippen molar-refractivity contribution in [2.24, 2.45) is 17.0 Å². The molecule has 0 bridgehead atoms. The Balaban J connectivity index is 1.66. The summed E-state index contributed by atoms with van der Waals surface area (Å²) in [6.07, 6.45) is 2.70. The highest BCUT2D eigenvalue weighted by Crippen LogP contribution is 2.47. The number of carboxylic acids is 1. The Kier molecular flexibility index (Phi) is 5.21. The van der Waals surface area contributed by atoms with E-state index in [4.69, 9.17) is 5.14 Å². The number of carbonyl (C=O) groups excluding carboxylic acids is 2. The molecule has 4 N–H and O–H groups in total. The second kappa shape index (κ2) is 7.38. The number of rotatable bonds is 7. The van der Waals surface area contributed by atoms with Crippen LogP contribution in [-0.4, -0.2) is 47.0 Å². The maximum atomic E-state index is 12.4. The van der Waals surface area contributed by atoms with E-state index in [1.807, 2.05) is 24.4 Å². The number of aromatic nitrogens is 2. The number of thiazole rings is 1. The number of fused-ring (bicyclic) bond motifs is 2. The number of aliphatic carboxylic acids is 1. The van der Waals surface area contributed by atoms with E-state index >= 15 is 0 Å². The number of aryl methyl sites for hydroxylation is 1. The fourth-order valence-electron chi connectivity index (χ4n) is 4.61. The minimum Gasteiger partial charge on any atom is -0.543 e. The van der Waals surface area contributed by atoms with E-state index in [1.54, 1.807) is 10.9 Å². The molecular weight excluding hydrogens is 446 g/mol. The highest BCUT2D eigenvalue weighted by atomic mass is 32.2. The molecule has 2 aliphatic rings. The number of carboxylic acid groups (broad SMARTS) is 1. The Labute approximate surface area is 182 Å². The van der Waals surface area contributed by atoms with Crippen LogP contribution in [0.25, 0.3) is 4.83 Å². The summed E-state index contributed by atoms with van der Waals surface area (Å²) >= 11 is 1.46. The number of aliphatic hydroxyl groups excluding tert-OH is 1. The fraction of sp³-hybridized carbons (Fsp3) is 0.500. The van der Waals surface area contributed by atoms with Gasteiger partial charge < -0.3 is 19.9 Å². The molecule has 0 spiro atoms. The molecule has 1 fully saturated rings. The zero-order valence-corrected chi connectivity index (χ0v) is 18.7. The number of nitrogens with one attached hydrogen (secondary N) is 1. The van der Waals surface area contributed by atoms with E-state index in [0.29, 0.717) is 5.57 Å². The third-order valence-corrected chi connectivity index (χ3v) is 7.63. The highest BCUT2D eigenvalue weighted by Gasteiger charge is 2.58. The summed E-state index contributed by atoms with van der Waals surface area (Å²) in [6.45, 7) is 5.47. The number of nitrogens with two attached hydrogens (primary N) is 1. The lowest BCUT2D eigenvalue weighted by molar-refractivity contribution is -0.518. The molecule has 2 aromatic heterocycles. The van der Waals surface area contributed by atoms with Crippen LogP contribution in [0, 0.1) is 18.8 Å². The van der Waals surface area contributed by atoms with E-state index in [0.717, 1.165) is 15.4 Å². The van der Waals surface area contributed by atoms with Gasteiger partial charge in [0.25, 0.3) is 10.2 Å². The van der Waals surface area contributed by atoms with Gasteiger partial charge in [-0.15, -0.1) is 0 Å². The number of β-lactam (4-membered cyclic amide) rings is 1. The number of hydrogen-bond acceptors (Lipinski definition) is 7. The van der Waals surface area contributed by atoms with Gasteiger partial charge in [0.2, 0.25) is 17.1 Å². The standard InChI is InChI=1S/C18H23N5O6S2/c1-8-11(16(18(26)27)23-15(8)14(9(2)24)17(23)25)5-21-6-13-22(7-21)12(10(3)30-13)4-20-31(19,28)29/h6-9,14-15,20,24H,4-5H2,1-3H3,(H2-,19,26,27,28,29)/t8-,9+,14+,15+/m0/s1. The third kappa shape index (κ3) is 3.55. The van der Waals surface area contributed by atoms with Crippen molar-refractivity contribution < 1.29 is 32.6 Å². The Morgan fingerprint density at radius 3 is 2.74 bits per heavy atom. The molecule has 1 amide bonds. The first-order valence-corrected chi connectivity index (χ1v) is 12.0. The molecule has 4 atom stereocenters. The summed E-state index contributed by atoms with van der Waals surface area (Å²) in [7, 11) is -3.85. The van der Waals surface area contributed by atoms with Gasteiger partial charge in [0.1, 0.15) is 18.4 Å². The van der Waals surface area contributed by atoms with Gasteiger partial charge in [0.15, 0.2) is 0 Å². The largest absolute Gasteiger partial charge is 0.543 e. The topological polar surface area (TPSA) is 162 Å². The minimum atomic E-state index is -3.85. The number of aliphatic hydroxyl groups is 1. The molecular formula is C18H23N5O6S2. The van der Waals surface area contributed by atoms with Crippen molar-refractivity contribution in [1.82, 2.24) is 14.2 Å². The summed E-state index contributed by atoms with van der Waals surface area (Å²) in [5, 5.41) is 26.8. The quantitative estimate of drug-likeness (QED) is 0.307. The van der Waals surface area contributed by atoms with Gasteiger partial charge in [0.05, 0.1) is 36.3 Å². The molecule has 0 aliphatic carbocycles. The average molecular weight is 470 g/mol. The third-order valence-electron chi connectivity index (χ3n) is 6.03. The highest BCUT2D eigenvalue weighted by molar-refractivity contribution is 7.87. The molecule has 13 heteroatoms. The molecule has 4 heterocycles. The first kappa shape index (κ1) is 21.9. The molecule has 2 aliphatic heterocycles. The Morgan fingerprint density at radius 1 is 1.48 bits per heavy atom. The molecule has 0 saturated carbocycles. The second-order valence-electron chi connectivity index (χ2n) is 8.01. The van der Waals surface area contributed by atoms with Crippen molar-refractivity contribution >= 4 is 38.3 Å². The lowest BCUT2D eigenvalue weighted by Gasteiger charge is -2.47. The normalized spacial score (nSPS) is 24.6. The average Bonchev–Trinajstić information content (AvgIpc) is 3.21. The van der Waals surface area contributed by atoms with Crippen LogP contribution in [-0.2, 0) is 32.9 Å². The zero-order valence-electron chi connectivity index (χ0n) is 17.1. The monoisotopic (exact) mass is 469 g/mol. The van der Waals surface area contributed by atoms with Crippen LogP contribution in [0.3, 0.4) is 0 Å². The molecule has 1 saturated heterocycles. The molecule has 0 aromatic carbocycles. The van der Waals surface area contributed by atoms with Crippen LogP contribution in [0.4, 0.5) is 0 Å². The SMILES string of the molecule is Cc1sc2cn(CC3=C(C(=O)[O-])N4C(=O)[C@H]([C@@H](C)O)[C@H]4[C@H]3C)c[n+]2c1CNS(N)(=O)=O. The molecule has 31 heavy (non-hydrogen) atoms. The van der Waals surface area contributed by atoms with Crippen LogP contribution in [0.5, 0.6) is 0 Å². The summed E-state index contributed by atoms with van der Waals surface area (Å²) < 4.78 is 28.4. The summed E-state index contributed by atoms with van der Waals surface area (Å²) in [5.41, 5.74) is 1.13. The van der Waals surface area contributed by atoms with Gasteiger partial charge >= 0.3 is 0 Å². The summed E-state index contributed by atoms with van der Waals surface area (Å²) in [6, 6.07) is -0.406. The number of amides is 1. The summed E-state index contributed by atoms with van der Waals surface area (Å²) in [4.78, 5) is 27.3. The van der Waals surface area contributed by atoms with E-state index in [-0.39, 0.29) is 24.7 Å². The smallest absolute Gasteiger partial charge is 0.274 e. The van der Waals surface area contributed by atoms with Crippen molar-refractivity contribution in [3.05, 3.63) is 34.4 Å². The maximum Gasteiger partial charge on any atom is 0.274 e. The lowest BCUT2D eigenvalue weighted by Crippen LogP contribution is -2.64. The van der Waals surface area contributed by atoms with Crippen molar-refractivity contribution in [3.8, 4) is 0 Å². The van der Waals surface area contributed by atoms with Gasteiger partial charge in [-0.2, -0.15) is 17.5 Å². The van der Waals surface area contributed by atoms with Crippen LogP contribution < -0.4 is 19.4 Å². The lowest BCUT2D eigenvalue weighted by atomic mass is 9.78. The number of hydrogen-bond donors (Lipinski definition) is 3. The fourth-order valence-corrected chi connectivity index (χ4v) is 5.99. The van der Waals surface area contributed by atoms with Crippen LogP contribution >= 0.6 is 11.3 Å². The van der Waals surface area contributed by atoms with Crippen molar-refractivity contribution in [2.75, 3.05) is 0 Å². The van der Waals surface area contributed by atoms with Gasteiger partial charge in [-0.3, -0.25) is 4.79 Å². The van der Waals surface area contributed by atoms with E-state index < -0.39 is 40.1 Å². The van der Waals surface area contributed by atoms with Gasteiger partial charge in [-0.25, -0.2) is 9.71 Å². The van der Waals surface area contributed by atoms with Gasteiger partial charge in [0, 0.05) is 16.4 Å². The molecule has 2 aromatic rings. The number of carbonyl (C=O) groups is 2. The first-order valence-electron chi connectivity index (χ1n) is 9.63. The maximum absolute atomic E-state index is 12.4. The van der Waals surface area contributed by atoms with Gasteiger partial charge in [-0.05, 0) is 13.8 Å². The molecule has 0 radical (unpaired) electrons. The van der Waals surface area contributed by atoms with Crippen LogP contribution in [0.2, 0.25) is 0 Å². The van der Waals surface area contributed by atoms with E-state index in [2.05, 4.69) is 4.72 Å². The summed E-state index contributed by atoms with van der Waals surface area (Å²) in [5.74, 6) is -2.73. The van der Waals surface area contributed by atoms with E-state index in [1.165, 1.54) is 23.2 Å². The molecule has 4 rings (SSSR count). The van der Waals surface area contributed by atoms with E-state index in [9.17, 15) is 28.2 Å². The predicted octanol–water partition coefficient (Wildman–Crippen LogP) is -2.25. The number of nitrogens with zero attached hydrogens (tertiary/aromatic N) is 3. The van der Waals surface area contributed by atoms with Crippen LogP contribution in [0.15, 0.2) is 23.8 Å². The Morgan fingerprint density at radius 2 is 2.16 bits per heavy atom. The number of imidazole rings is 1. The zero-order chi connectivity index (χ0) is 22.8. The van der Waals surface area contributed by atoms with Crippen LogP contribution in [0.1, 0.15) is 24.4 Å². The second-order valence-corrected chi connectivity index (χ2v) is 10.6. The van der Waals surface area contributed by atoms with Crippen molar-refractivity contribution in [3.63, 3.8) is 0 Å². The molecule has 0 unspecified atom stereocenters. The minimum absolute atomic E-state index is 0.0170. The van der Waals surface area contributed by atoms with Crippen molar-refractivity contribution in [1.29, 1.82) is 0 Å². The molecule has 11 nitrogen and oxygen atoms in total. The Bertz CT molecular complexity index is 1230.